The topological polar surface area (TPSA) is 119 Å². The number of rotatable bonds is 7. The number of aromatic nitrogens is 2. The van der Waals surface area contributed by atoms with E-state index in [4.69, 9.17) is 5.73 Å². The minimum Gasteiger partial charge on any atom is -0.384 e. The molecule has 0 spiro atoms. The van der Waals surface area contributed by atoms with Crippen LogP contribution in [0.5, 0.6) is 0 Å². The van der Waals surface area contributed by atoms with Crippen molar-refractivity contribution >= 4 is 17.5 Å². The Labute approximate surface area is 140 Å². The Morgan fingerprint density at radius 3 is 2.25 bits per heavy atom. The van der Waals surface area contributed by atoms with Gasteiger partial charge >= 0.3 is 5.69 Å². The highest BCUT2D eigenvalue weighted by Crippen LogP contribution is 2.05. The molecule has 0 saturated heterocycles. The number of nitrogens with one attached hydrogen (secondary N) is 1. The van der Waals surface area contributed by atoms with Crippen molar-refractivity contribution in [3.8, 4) is 0 Å². The van der Waals surface area contributed by atoms with Crippen LogP contribution >= 0.6 is 0 Å². The van der Waals surface area contributed by atoms with Gasteiger partial charge in [-0.1, -0.05) is 6.92 Å². The number of carbonyl (C=O) groups is 2. The van der Waals surface area contributed by atoms with Gasteiger partial charge in [0.15, 0.2) is 5.78 Å². The lowest BCUT2D eigenvalue weighted by atomic mass is 10.1. The third-order valence-electron chi connectivity index (χ3n) is 3.62. The van der Waals surface area contributed by atoms with Crippen LogP contribution in [-0.2, 0) is 18.9 Å². The minimum absolute atomic E-state index is 0.00139. The molecule has 0 atom stereocenters. The molecule has 0 aliphatic heterocycles. The second-order valence-electron chi connectivity index (χ2n) is 5.91. The minimum atomic E-state index is -0.733. The molecule has 0 fully saturated rings. The highest BCUT2D eigenvalue weighted by Gasteiger charge is 2.22. The quantitative estimate of drug-likeness (QED) is 0.596. The van der Waals surface area contributed by atoms with Crippen LogP contribution in [0.15, 0.2) is 9.59 Å². The number of Topliss-reactive ketones (excluding diaryl/α,β-unsaturated/α-hetero) is 1. The molecule has 1 aromatic rings. The number of nitrogens with two attached hydrogens (primary N) is 1. The first-order chi connectivity index (χ1) is 11.1. The number of ketones is 1. The van der Waals surface area contributed by atoms with Crippen molar-refractivity contribution in [3.63, 3.8) is 0 Å². The molecule has 9 nitrogen and oxygen atoms in total. The summed E-state index contributed by atoms with van der Waals surface area (Å²) in [5, 5.41) is 2.74. The summed E-state index contributed by atoms with van der Waals surface area (Å²) in [6.07, 6.45) is 0. The van der Waals surface area contributed by atoms with E-state index in [1.165, 1.54) is 14.1 Å². The second-order valence-corrected chi connectivity index (χ2v) is 5.91. The SMILES string of the molecule is CCN(CC(=O)NC(C)C)CC(=O)c1c(N)n(C)c(=O)n(C)c1=O. The molecule has 1 amide bonds. The maximum atomic E-state index is 12.5. The molecule has 1 aromatic heterocycles. The van der Waals surface area contributed by atoms with Gasteiger partial charge in [-0.25, -0.2) is 4.79 Å². The monoisotopic (exact) mass is 339 g/mol. The zero-order valence-corrected chi connectivity index (χ0v) is 14.8. The Balaban J connectivity index is 3.05. The summed E-state index contributed by atoms with van der Waals surface area (Å²) in [6.45, 7) is 5.83. The first kappa shape index (κ1) is 19.6. The van der Waals surface area contributed by atoms with Crippen molar-refractivity contribution in [1.29, 1.82) is 0 Å². The van der Waals surface area contributed by atoms with Crippen molar-refractivity contribution in [2.75, 3.05) is 25.4 Å². The summed E-state index contributed by atoms with van der Waals surface area (Å²) < 4.78 is 1.89. The summed E-state index contributed by atoms with van der Waals surface area (Å²) in [6, 6.07) is -0.00139. The fourth-order valence-electron chi connectivity index (χ4n) is 2.25. The Morgan fingerprint density at radius 2 is 1.75 bits per heavy atom. The standard InChI is InChI=1S/C15H25N5O4/c1-6-20(8-11(22)17-9(2)3)7-10(21)12-13(16)18(4)15(24)19(5)14(12)23/h9H,6-8,16H2,1-5H3,(H,17,22). The fourth-order valence-corrected chi connectivity index (χ4v) is 2.25. The molecular formula is C15H25N5O4. The molecule has 1 rings (SSSR count). The zero-order valence-electron chi connectivity index (χ0n) is 14.8. The molecule has 3 N–H and O–H groups in total. The van der Waals surface area contributed by atoms with Gasteiger partial charge in [-0.3, -0.25) is 28.4 Å². The van der Waals surface area contributed by atoms with E-state index >= 15 is 0 Å². The molecule has 0 aromatic carbocycles. The van der Waals surface area contributed by atoms with Gasteiger partial charge in [-0.15, -0.1) is 0 Å². The summed E-state index contributed by atoms with van der Waals surface area (Å²) in [5.41, 5.74) is 4.20. The predicted molar refractivity (Wildman–Crippen MR) is 91.1 cm³/mol. The Hall–Kier alpha value is -2.42. The number of likely N-dealkylation sites (N-methyl/N-ethyl adjacent to an activating group) is 1. The van der Waals surface area contributed by atoms with Crippen LogP contribution in [0.25, 0.3) is 0 Å². The molecule has 0 unspecified atom stereocenters. The van der Waals surface area contributed by atoms with E-state index in [1.807, 2.05) is 13.8 Å². The number of carbonyl (C=O) groups excluding carboxylic acids is 2. The Kier molecular flexibility index (Phi) is 6.47. The number of anilines is 1. The largest absolute Gasteiger partial charge is 0.384 e. The number of hydrogen-bond donors (Lipinski definition) is 2. The average molecular weight is 339 g/mol. The van der Waals surface area contributed by atoms with E-state index < -0.39 is 17.0 Å². The van der Waals surface area contributed by atoms with Crippen molar-refractivity contribution in [2.45, 2.75) is 26.8 Å². The van der Waals surface area contributed by atoms with Crippen LogP contribution in [0.4, 0.5) is 5.82 Å². The van der Waals surface area contributed by atoms with Gasteiger partial charge in [0, 0.05) is 20.1 Å². The second kappa shape index (κ2) is 7.91. The average Bonchev–Trinajstić information content (AvgIpc) is 2.49. The van der Waals surface area contributed by atoms with E-state index in [9.17, 15) is 19.2 Å². The Morgan fingerprint density at radius 1 is 1.17 bits per heavy atom. The van der Waals surface area contributed by atoms with Gasteiger partial charge in [0.25, 0.3) is 5.56 Å². The van der Waals surface area contributed by atoms with E-state index in [2.05, 4.69) is 5.32 Å². The normalized spacial score (nSPS) is 11.1. The molecule has 0 bridgehead atoms. The molecule has 0 radical (unpaired) electrons. The van der Waals surface area contributed by atoms with Crippen molar-refractivity contribution in [1.82, 2.24) is 19.4 Å². The van der Waals surface area contributed by atoms with E-state index in [0.29, 0.717) is 6.54 Å². The molecular weight excluding hydrogens is 314 g/mol. The molecule has 0 saturated carbocycles. The van der Waals surface area contributed by atoms with Gasteiger partial charge in [-0.2, -0.15) is 0 Å². The molecule has 9 heteroatoms. The van der Waals surface area contributed by atoms with Crippen LogP contribution in [0.1, 0.15) is 31.1 Å². The number of nitrogen functional groups attached to an aromatic ring is 1. The van der Waals surface area contributed by atoms with Crippen molar-refractivity contribution < 1.29 is 9.59 Å². The van der Waals surface area contributed by atoms with Crippen molar-refractivity contribution in [2.24, 2.45) is 14.1 Å². The fraction of sp³-hybridized carbons (Fsp3) is 0.600. The number of amides is 1. The third kappa shape index (κ3) is 4.31. The van der Waals surface area contributed by atoms with Gasteiger partial charge < -0.3 is 11.1 Å². The molecule has 1 heterocycles. The molecule has 0 aliphatic rings. The van der Waals surface area contributed by atoms with Crippen molar-refractivity contribution in [3.05, 3.63) is 26.4 Å². The first-order valence-electron chi connectivity index (χ1n) is 7.70. The number of nitrogens with zero attached hydrogens (tertiary/aromatic N) is 3. The maximum Gasteiger partial charge on any atom is 0.332 e. The Bertz CT molecular complexity index is 747. The van der Waals surface area contributed by atoms with E-state index in [1.54, 1.807) is 11.8 Å². The summed E-state index contributed by atoms with van der Waals surface area (Å²) in [5.74, 6) is -0.903. The van der Waals surface area contributed by atoms with Crippen LogP contribution in [0, 0.1) is 0 Å². The van der Waals surface area contributed by atoms with Crippen LogP contribution in [-0.4, -0.2) is 51.4 Å². The van der Waals surface area contributed by atoms with E-state index in [-0.39, 0.29) is 36.4 Å². The summed E-state index contributed by atoms with van der Waals surface area (Å²) in [7, 11) is 2.68. The number of hydrogen-bond acceptors (Lipinski definition) is 6. The van der Waals surface area contributed by atoms with Crippen LogP contribution < -0.4 is 22.3 Å². The van der Waals surface area contributed by atoms with Gasteiger partial charge in [0.1, 0.15) is 11.4 Å². The van der Waals surface area contributed by atoms with Gasteiger partial charge in [0.2, 0.25) is 5.91 Å². The van der Waals surface area contributed by atoms with E-state index in [0.717, 1.165) is 9.13 Å². The van der Waals surface area contributed by atoms with Crippen LogP contribution in [0.2, 0.25) is 0 Å². The molecule has 0 aliphatic carbocycles. The lowest BCUT2D eigenvalue weighted by Crippen LogP contribution is -2.45. The van der Waals surface area contributed by atoms with Crippen LogP contribution in [0.3, 0.4) is 0 Å². The van der Waals surface area contributed by atoms with Gasteiger partial charge in [0.05, 0.1) is 13.1 Å². The van der Waals surface area contributed by atoms with Gasteiger partial charge in [-0.05, 0) is 20.4 Å². The lowest BCUT2D eigenvalue weighted by Gasteiger charge is -2.20. The lowest BCUT2D eigenvalue weighted by molar-refractivity contribution is -0.122. The zero-order chi connectivity index (χ0) is 18.6. The smallest absolute Gasteiger partial charge is 0.332 e. The predicted octanol–water partition coefficient (Wildman–Crippen LogP) is -1.30. The summed E-state index contributed by atoms with van der Waals surface area (Å²) >= 11 is 0. The third-order valence-corrected chi connectivity index (χ3v) is 3.62. The first-order valence-corrected chi connectivity index (χ1v) is 7.70. The highest BCUT2D eigenvalue weighted by molar-refractivity contribution is 6.01. The maximum absolute atomic E-state index is 12.5. The summed E-state index contributed by atoms with van der Waals surface area (Å²) in [4.78, 5) is 49.9. The molecule has 24 heavy (non-hydrogen) atoms. The highest BCUT2D eigenvalue weighted by atomic mass is 16.2. The molecule has 134 valence electrons.